The van der Waals surface area contributed by atoms with Crippen molar-refractivity contribution in [1.82, 2.24) is 15.1 Å². The maximum atomic E-state index is 13.4. The van der Waals surface area contributed by atoms with E-state index in [9.17, 15) is 21.6 Å². The number of rotatable bonds is 7. The van der Waals surface area contributed by atoms with E-state index in [2.05, 4.69) is 32.1 Å². The molecule has 1 aromatic carbocycles. The van der Waals surface area contributed by atoms with Crippen molar-refractivity contribution >= 4 is 21.5 Å². The van der Waals surface area contributed by atoms with E-state index < -0.39 is 27.0 Å². The third-order valence-corrected chi connectivity index (χ3v) is 7.51. The van der Waals surface area contributed by atoms with Gasteiger partial charge in [0.2, 0.25) is 10.0 Å². The van der Waals surface area contributed by atoms with Crippen molar-refractivity contribution in [3.05, 3.63) is 35.4 Å². The van der Waals surface area contributed by atoms with Gasteiger partial charge in [0.15, 0.2) is 0 Å². The lowest BCUT2D eigenvalue weighted by Gasteiger charge is -2.32. The molecule has 3 rings (SSSR count). The fourth-order valence-electron chi connectivity index (χ4n) is 3.85. The van der Waals surface area contributed by atoms with Crippen LogP contribution < -0.4 is 10.0 Å². The van der Waals surface area contributed by atoms with Gasteiger partial charge in [-0.1, -0.05) is 6.92 Å². The van der Waals surface area contributed by atoms with E-state index >= 15 is 0 Å². The molecule has 1 aliphatic heterocycles. The Labute approximate surface area is 192 Å². The van der Waals surface area contributed by atoms with Gasteiger partial charge < -0.3 is 10.2 Å². The zero-order valence-corrected chi connectivity index (χ0v) is 20.0. The molecule has 0 amide bonds. The molecular weight excluding hydrogens is 455 g/mol. The Bertz CT molecular complexity index is 1070. The number of likely N-dealkylation sites (N-methyl/N-ethyl adjacent to an activating group) is 1. The number of anilines is 2. The highest BCUT2D eigenvalue weighted by Crippen LogP contribution is 2.38. The fourth-order valence-corrected chi connectivity index (χ4v) is 4.56. The Balaban J connectivity index is 1.94. The second-order valence-corrected chi connectivity index (χ2v) is 10.8. The monoisotopic (exact) mass is 485 g/mol. The second-order valence-electron chi connectivity index (χ2n) is 8.59. The van der Waals surface area contributed by atoms with Crippen LogP contribution in [-0.2, 0) is 16.2 Å². The Morgan fingerprint density at radius 1 is 1.21 bits per heavy atom. The highest BCUT2D eigenvalue weighted by Gasteiger charge is 2.33. The van der Waals surface area contributed by atoms with Gasteiger partial charge in [-0.25, -0.2) is 8.42 Å². The van der Waals surface area contributed by atoms with Crippen LogP contribution in [0.3, 0.4) is 0 Å². The number of aromatic nitrogens is 2. The third-order valence-electron chi connectivity index (χ3n) is 5.76. The molecule has 1 saturated heterocycles. The largest absolute Gasteiger partial charge is 0.416 e. The quantitative estimate of drug-likeness (QED) is 0.600. The van der Waals surface area contributed by atoms with Gasteiger partial charge >= 0.3 is 6.18 Å². The Hall–Kier alpha value is -2.40. The number of likely N-dealkylation sites (tertiary alicyclic amines) is 1. The lowest BCUT2D eigenvalue weighted by atomic mass is 9.99. The summed E-state index contributed by atoms with van der Waals surface area (Å²) in [6.45, 7) is 9.47. The molecule has 0 bridgehead atoms. The van der Waals surface area contributed by atoms with Crippen molar-refractivity contribution < 1.29 is 21.6 Å². The summed E-state index contributed by atoms with van der Waals surface area (Å²) >= 11 is 0. The van der Waals surface area contributed by atoms with Crippen molar-refractivity contribution in [2.24, 2.45) is 0 Å². The Kier molecular flexibility index (Phi) is 7.52. The van der Waals surface area contributed by atoms with Gasteiger partial charge in [-0.05, 0) is 76.5 Å². The van der Waals surface area contributed by atoms with Gasteiger partial charge in [0, 0.05) is 18.2 Å². The summed E-state index contributed by atoms with van der Waals surface area (Å²) in [5.41, 5.74) is -0.313. The molecule has 0 radical (unpaired) electrons. The minimum atomic E-state index is -4.62. The van der Waals surface area contributed by atoms with E-state index in [1.807, 2.05) is 0 Å². The van der Waals surface area contributed by atoms with Crippen LogP contribution in [0.2, 0.25) is 0 Å². The van der Waals surface area contributed by atoms with Gasteiger partial charge in [0.25, 0.3) is 0 Å². The first-order valence-corrected chi connectivity index (χ1v) is 12.5. The van der Waals surface area contributed by atoms with Crippen LogP contribution >= 0.6 is 0 Å². The van der Waals surface area contributed by atoms with Gasteiger partial charge in [0.1, 0.15) is 5.82 Å². The van der Waals surface area contributed by atoms with Crippen molar-refractivity contribution in [2.75, 3.05) is 29.7 Å². The van der Waals surface area contributed by atoms with E-state index in [0.29, 0.717) is 5.82 Å². The third kappa shape index (κ3) is 6.14. The molecule has 2 N–H and O–H groups in total. The average Bonchev–Trinajstić information content (AvgIpc) is 2.73. The average molecular weight is 486 g/mol. The van der Waals surface area contributed by atoms with E-state index in [0.717, 1.165) is 44.6 Å². The lowest BCUT2D eigenvalue weighted by Crippen LogP contribution is -2.42. The zero-order chi connectivity index (χ0) is 24.4. The van der Waals surface area contributed by atoms with Crippen LogP contribution in [-0.4, -0.2) is 54.4 Å². The maximum absolute atomic E-state index is 13.4. The number of nitrogens with one attached hydrogen (secondary N) is 2. The summed E-state index contributed by atoms with van der Waals surface area (Å²) in [5.74, 6) is 0.565. The number of hydrogen-bond donors (Lipinski definition) is 2. The molecule has 7 nitrogen and oxygen atoms in total. The normalized spacial score (nSPS) is 17.9. The SMILES string of the molecule is CCN1CCC[C@@H](Nc2ccc(-c3c(C)cc(C(F)(F)F)cc3NS(=O)(=O)C(C)C)nn2)C1. The van der Waals surface area contributed by atoms with Gasteiger partial charge in [-0.3, -0.25) is 4.72 Å². The number of hydrogen-bond acceptors (Lipinski definition) is 6. The van der Waals surface area contributed by atoms with Crippen LogP contribution in [0.15, 0.2) is 24.3 Å². The van der Waals surface area contributed by atoms with Crippen molar-refractivity contribution in [3.63, 3.8) is 0 Å². The molecule has 0 unspecified atom stereocenters. The van der Waals surface area contributed by atoms with Crippen LogP contribution in [0.1, 0.15) is 44.7 Å². The number of nitrogens with zero attached hydrogens (tertiary/aromatic N) is 3. The molecule has 1 aromatic heterocycles. The minimum absolute atomic E-state index is 0.170. The van der Waals surface area contributed by atoms with E-state index in [4.69, 9.17) is 0 Å². The van der Waals surface area contributed by atoms with Gasteiger partial charge in [-0.2, -0.15) is 13.2 Å². The molecular formula is C22H30F3N5O2S. The Morgan fingerprint density at radius 2 is 1.94 bits per heavy atom. The maximum Gasteiger partial charge on any atom is 0.416 e. The zero-order valence-electron chi connectivity index (χ0n) is 19.2. The molecule has 1 aliphatic rings. The lowest BCUT2D eigenvalue weighted by molar-refractivity contribution is -0.137. The Morgan fingerprint density at radius 3 is 2.52 bits per heavy atom. The summed E-state index contributed by atoms with van der Waals surface area (Å²) in [4.78, 5) is 2.35. The van der Waals surface area contributed by atoms with Crippen LogP contribution in [0.25, 0.3) is 11.3 Å². The summed E-state index contributed by atoms with van der Waals surface area (Å²) in [6, 6.07) is 5.37. The smallest absolute Gasteiger partial charge is 0.365 e. The molecule has 0 spiro atoms. The van der Waals surface area contributed by atoms with Crippen LogP contribution in [0.4, 0.5) is 24.7 Å². The van der Waals surface area contributed by atoms with Crippen molar-refractivity contribution in [2.45, 2.75) is 58.0 Å². The van der Waals surface area contributed by atoms with Crippen molar-refractivity contribution in [3.8, 4) is 11.3 Å². The summed E-state index contributed by atoms with van der Waals surface area (Å²) in [6.07, 6.45) is -2.52. The number of halogens is 3. The van der Waals surface area contributed by atoms with Gasteiger partial charge in [-0.15, -0.1) is 10.2 Å². The predicted octanol–water partition coefficient (Wildman–Crippen LogP) is 4.52. The molecule has 33 heavy (non-hydrogen) atoms. The first kappa shape index (κ1) is 25.2. The number of aryl methyl sites for hydroxylation is 1. The highest BCUT2D eigenvalue weighted by molar-refractivity contribution is 7.93. The minimum Gasteiger partial charge on any atom is -0.365 e. The second kappa shape index (κ2) is 9.84. The highest BCUT2D eigenvalue weighted by atomic mass is 32.2. The number of benzene rings is 1. The molecule has 2 heterocycles. The van der Waals surface area contributed by atoms with Crippen LogP contribution in [0, 0.1) is 6.92 Å². The van der Waals surface area contributed by atoms with E-state index in [1.165, 1.54) is 20.8 Å². The number of sulfonamides is 1. The number of alkyl halides is 3. The molecule has 1 fully saturated rings. The molecule has 182 valence electrons. The number of piperidine rings is 1. The summed E-state index contributed by atoms with van der Waals surface area (Å²) in [5, 5.41) is 10.9. The molecule has 1 atom stereocenters. The van der Waals surface area contributed by atoms with Gasteiger partial charge in [0.05, 0.1) is 22.2 Å². The molecule has 2 aromatic rings. The predicted molar refractivity (Wildman–Crippen MR) is 124 cm³/mol. The molecule has 0 aliphatic carbocycles. The first-order chi connectivity index (χ1) is 15.4. The van der Waals surface area contributed by atoms with E-state index in [1.54, 1.807) is 12.1 Å². The first-order valence-electron chi connectivity index (χ1n) is 11.0. The fraction of sp³-hybridized carbons (Fsp3) is 0.545. The topological polar surface area (TPSA) is 87.2 Å². The standard InChI is InChI=1S/C22H30F3N5O2S/c1-5-30-10-6-7-17(13-30)26-20-9-8-18(27-28-20)21-15(4)11-16(22(23,24)25)12-19(21)29-33(31,32)14(2)3/h8-9,11-12,14,17,29H,5-7,10,13H2,1-4H3,(H,26,28)/t17-/m1/s1. The van der Waals surface area contributed by atoms with Crippen molar-refractivity contribution in [1.29, 1.82) is 0 Å². The molecule has 0 saturated carbocycles. The molecule has 11 heteroatoms. The summed E-state index contributed by atoms with van der Waals surface area (Å²) < 4.78 is 67.3. The van der Waals surface area contributed by atoms with Crippen LogP contribution in [0.5, 0.6) is 0 Å². The summed E-state index contributed by atoms with van der Waals surface area (Å²) in [7, 11) is -3.88. The van der Waals surface area contributed by atoms with E-state index in [-0.39, 0.29) is 28.6 Å².